The average Bonchev–Trinajstić information content (AvgIpc) is 2.27. The lowest BCUT2D eigenvalue weighted by atomic mass is 10.1. The standard InChI is InChI=1S/C16H27NOS/c1-5-7-16(17-6-2)12-19(18)11-15-9-13(3)8-14(4)10-15/h8-10,16-17H,5-7,11-12H2,1-4H3. The van der Waals surface area contributed by atoms with E-state index in [1.165, 1.54) is 16.7 Å². The SMILES string of the molecule is CCCC(CS(=O)Cc1cc(C)cc(C)c1)NCC. The van der Waals surface area contributed by atoms with E-state index in [0.717, 1.165) is 25.1 Å². The molecule has 0 amide bonds. The molecule has 0 saturated carbocycles. The van der Waals surface area contributed by atoms with Crippen LogP contribution in [0.5, 0.6) is 0 Å². The largest absolute Gasteiger partial charge is 0.313 e. The van der Waals surface area contributed by atoms with Crippen molar-refractivity contribution in [3.63, 3.8) is 0 Å². The molecule has 1 aromatic rings. The van der Waals surface area contributed by atoms with E-state index in [1.54, 1.807) is 0 Å². The normalized spacial score (nSPS) is 14.3. The summed E-state index contributed by atoms with van der Waals surface area (Å²) in [7, 11) is -0.783. The minimum absolute atomic E-state index is 0.390. The molecule has 0 saturated heterocycles. The predicted octanol–water partition coefficient (Wildman–Crippen LogP) is 3.33. The topological polar surface area (TPSA) is 29.1 Å². The van der Waals surface area contributed by atoms with Crippen LogP contribution in [0.4, 0.5) is 0 Å². The van der Waals surface area contributed by atoms with Gasteiger partial charge in [-0.15, -0.1) is 0 Å². The Bertz CT molecular complexity index is 391. The first-order valence-electron chi connectivity index (χ1n) is 7.20. The van der Waals surface area contributed by atoms with Gasteiger partial charge in [-0.2, -0.15) is 0 Å². The van der Waals surface area contributed by atoms with E-state index in [4.69, 9.17) is 0 Å². The van der Waals surface area contributed by atoms with Gasteiger partial charge in [-0.1, -0.05) is 49.6 Å². The molecule has 0 bridgehead atoms. The van der Waals surface area contributed by atoms with Gasteiger partial charge in [0.2, 0.25) is 0 Å². The molecule has 108 valence electrons. The van der Waals surface area contributed by atoms with E-state index in [-0.39, 0.29) is 0 Å². The van der Waals surface area contributed by atoms with Crippen LogP contribution >= 0.6 is 0 Å². The lowest BCUT2D eigenvalue weighted by molar-refractivity contribution is 0.525. The van der Waals surface area contributed by atoms with Gasteiger partial charge < -0.3 is 5.32 Å². The molecule has 1 rings (SSSR count). The summed E-state index contributed by atoms with van der Waals surface area (Å²) < 4.78 is 12.3. The number of hydrogen-bond acceptors (Lipinski definition) is 2. The number of rotatable bonds is 8. The zero-order valence-corrected chi connectivity index (χ0v) is 13.5. The Morgan fingerprint density at radius 3 is 2.32 bits per heavy atom. The van der Waals surface area contributed by atoms with Crippen LogP contribution < -0.4 is 5.32 Å². The Balaban J connectivity index is 2.58. The van der Waals surface area contributed by atoms with Crippen LogP contribution in [0.1, 0.15) is 43.4 Å². The molecule has 2 nitrogen and oxygen atoms in total. The first-order chi connectivity index (χ1) is 9.05. The Morgan fingerprint density at radius 2 is 1.79 bits per heavy atom. The van der Waals surface area contributed by atoms with Gasteiger partial charge in [0.05, 0.1) is 0 Å². The van der Waals surface area contributed by atoms with E-state index in [1.807, 2.05) is 0 Å². The molecule has 0 aliphatic rings. The first-order valence-corrected chi connectivity index (χ1v) is 8.69. The Morgan fingerprint density at radius 1 is 1.16 bits per heavy atom. The Labute approximate surface area is 120 Å². The maximum absolute atomic E-state index is 12.3. The third-order valence-corrected chi connectivity index (χ3v) is 4.56. The smallest absolute Gasteiger partial charge is 0.0486 e. The van der Waals surface area contributed by atoms with E-state index < -0.39 is 10.8 Å². The highest BCUT2D eigenvalue weighted by Crippen LogP contribution is 2.12. The van der Waals surface area contributed by atoms with Crippen molar-refractivity contribution >= 4 is 10.8 Å². The van der Waals surface area contributed by atoms with Crippen LogP contribution in [-0.4, -0.2) is 22.5 Å². The van der Waals surface area contributed by atoms with Crippen LogP contribution in [0.2, 0.25) is 0 Å². The van der Waals surface area contributed by atoms with Crippen LogP contribution in [0, 0.1) is 13.8 Å². The van der Waals surface area contributed by atoms with Crippen LogP contribution in [0.25, 0.3) is 0 Å². The zero-order valence-electron chi connectivity index (χ0n) is 12.7. The molecule has 19 heavy (non-hydrogen) atoms. The minimum atomic E-state index is -0.783. The van der Waals surface area contributed by atoms with E-state index in [0.29, 0.717) is 11.8 Å². The second-order valence-electron chi connectivity index (χ2n) is 5.29. The molecule has 0 aromatic heterocycles. The van der Waals surface area contributed by atoms with Crippen LogP contribution in [0.15, 0.2) is 18.2 Å². The molecular weight excluding hydrogens is 254 g/mol. The molecule has 0 fully saturated rings. The lowest BCUT2D eigenvalue weighted by Gasteiger charge is -2.16. The summed E-state index contributed by atoms with van der Waals surface area (Å²) in [6.07, 6.45) is 2.24. The molecule has 0 radical (unpaired) electrons. The van der Waals surface area contributed by atoms with Crippen molar-refractivity contribution in [2.24, 2.45) is 0 Å². The molecule has 0 spiro atoms. The van der Waals surface area contributed by atoms with Gasteiger partial charge in [-0.25, -0.2) is 0 Å². The van der Waals surface area contributed by atoms with Gasteiger partial charge in [-0.3, -0.25) is 4.21 Å². The third-order valence-electron chi connectivity index (χ3n) is 3.13. The Hall–Kier alpha value is -0.670. The molecule has 0 aliphatic heterocycles. The monoisotopic (exact) mass is 281 g/mol. The molecule has 3 heteroatoms. The second-order valence-corrected chi connectivity index (χ2v) is 6.79. The molecule has 1 aromatic carbocycles. The maximum atomic E-state index is 12.3. The fraction of sp³-hybridized carbons (Fsp3) is 0.625. The maximum Gasteiger partial charge on any atom is 0.0486 e. The molecule has 2 atom stereocenters. The molecule has 0 heterocycles. The highest BCUT2D eigenvalue weighted by molar-refractivity contribution is 7.84. The van der Waals surface area contributed by atoms with E-state index in [9.17, 15) is 4.21 Å². The summed E-state index contributed by atoms with van der Waals surface area (Å²) in [6, 6.07) is 6.84. The van der Waals surface area contributed by atoms with Crippen molar-refractivity contribution in [1.82, 2.24) is 5.32 Å². The zero-order chi connectivity index (χ0) is 14.3. The van der Waals surface area contributed by atoms with Crippen molar-refractivity contribution in [2.45, 2.75) is 52.3 Å². The summed E-state index contributed by atoms with van der Waals surface area (Å²) in [5, 5.41) is 3.43. The number of benzene rings is 1. The highest BCUT2D eigenvalue weighted by Gasteiger charge is 2.11. The van der Waals surface area contributed by atoms with Gasteiger partial charge >= 0.3 is 0 Å². The summed E-state index contributed by atoms with van der Waals surface area (Å²) in [4.78, 5) is 0. The fourth-order valence-electron chi connectivity index (χ4n) is 2.50. The van der Waals surface area contributed by atoms with E-state index >= 15 is 0 Å². The summed E-state index contributed by atoms with van der Waals surface area (Å²) >= 11 is 0. The molecule has 2 unspecified atom stereocenters. The second kappa shape index (κ2) is 8.49. The molecule has 1 N–H and O–H groups in total. The molecular formula is C16H27NOS. The van der Waals surface area contributed by atoms with Crippen molar-refractivity contribution < 1.29 is 4.21 Å². The Kier molecular flexibility index (Phi) is 7.32. The average molecular weight is 281 g/mol. The van der Waals surface area contributed by atoms with Crippen molar-refractivity contribution in [2.75, 3.05) is 12.3 Å². The number of hydrogen-bond donors (Lipinski definition) is 1. The van der Waals surface area contributed by atoms with Gasteiger partial charge in [0.1, 0.15) is 0 Å². The summed E-state index contributed by atoms with van der Waals surface area (Å²) in [6.45, 7) is 9.42. The first kappa shape index (κ1) is 16.4. The third kappa shape index (κ3) is 6.35. The summed E-state index contributed by atoms with van der Waals surface area (Å²) in [5.41, 5.74) is 3.70. The van der Waals surface area contributed by atoms with Crippen LogP contribution in [-0.2, 0) is 16.6 Å². The van der Waals surface area contributed by atoms with Crippen molar-refractivity contribution in [3.8, 4) is 0 Å². The van der Waals surface area contributed by atoms with Crippen molar-refractivity contribution in [1.29, 1.82) is 0 Å². The predicted molar refractivity (Wildman–Crippen MR) is 85.0 cm³/mol. The highest BCUT2D eigenvalue weighted by atomic mass is 32.2. The quantitative estimate of drug-likeness (QED) is 0.792. The van der Waals surface area contributed by atoms with Gasteiger partial charge in [0.15, 0.2) is 0 Å². The number of aryl methyl sites for hydroxylation is 2. The van der Waals surface area contributed by atoms with E-state index in [2.05, 4.69) is 51.2 Å². The number of nitrogens with one attached hydrogen (secondary N) is 1. The van der Waals surface area contributed by atoms with Gasteiger partial charge in [0.25, 0.3) is 0 Å². The van der Waals surface area contributed by atoms with Crippen LogP contribution in [0.3, 0.4) is 0 Å². The molecule has 0 aliphatic carbocycles. The van der Waals surface area contributed by atoms with Gasteiger partial charge in [-0.05, 0) is 32.4 Å². The lowest BCUT2D eigenvalue weighted by Crippen LogP contribution is -2.34. The minimum Gasteiger partial charge on any atom is -0.313 e. The summed E-state index contributed by atoms with van der Waals surface area (Å²) in [5.74, 6) is 1.43. The fourth-order valence-corrected chi connectivity index (χ4v) is 3.89. The van der Waals surface area contributed by atoms with Crippen molar-refractivity contribution in [3.05, 3.63) is 34.9 Å². The van der Waals surface area contributed by atoms with Gasteiger partial charge in [0, 0.05) is 28.3 Å².